The number of aliphatic carboxylic acids is 1. The smallest absolute Gasteiger partial charge is 0.303 e. The van der Waals surface area contributed by atoms with Gasteiger partial charge in [0.1, 0.15) is 0 Å². The summed E-state index contributed by atoms with van der Waals surface area (Å²) in [6, 6.07) is 3.57. The highest BCUT2D eigenvalue weighted by molar-refractivity contribution is 5.80. The Labute approximate surface area is 106 Å². The molecule has 0 fully saturated rings. The zero-order chi connectivity index (χ0) is 13.5. The average Bonchev–Trinajstić information content (AvgIpc) is 2.34. The molecule has 0 aliphatic carbocycles. The summed E-state index contributed by atoms with van der Waals surface area (Å²) in [5, 5.41) is 11.4. The molecule has 0 aromatic carbocycles. The van der Waals surface area contributed by atoms with Gasteiger partial charge in [-0.2, -0.15) is 0 Å². The second kappa shape index (κ2) is 6.74. The molecule has 1 heterocycles. The van der Waals surface area contributed by atoms with Crippen LogP contribution in [0.25, 0.3) is 0 Å². The van der Waals surface area contributed by atoms with E-state index in [4.69, 9.17) is 5.11 Å². The van der Waals surface area contributed by atoms with Crippen LogP contribution in [0.1, 0.15) is 38.3 Å². The van der Waals surface area contributed by atoms with Gasteiger partial charge in [0.25, 0.3) is 0 Å². The van der Waals surface area contributed by atoms with E-state index in [1.54, 1.807) is 12.4 Å². The van der Waals surface area contributed by atoms with Crippen molar-refractivity contribution in [2.24, 2.45) is 5.92 Å². The second-order valence-electron chi connectivity index (χ2n) is 4.47. The lowest BCUT2D eigenvalue weighted by atomic mass is 9.97. The van der Waals surface area contributed by atoms with Gasteiger partial charge in [-0.25, -0.2) is 0 Å². The van der Waals surface area contributed by atoms with Crippen molar-refractivity contribution in [1.82, 2.24) is 10.3 Å². The number of carbonyl (C=O) groups is 2. The molecule has 1 rings (SSSR count). The lowest BCUT2D eigenvalue weighted by molar-refractivity contribution is -0.139. The zero-order valence-electron chi connectivity index (χ0n) is 10.6. The number of nitrogens with zero attached hydrogens (tertiary/aromatic N) is 1. The Kier molecular flexibility index (Phi) is 5.30. The van der Waals surface area contributed by atoms with Gasteiger partial charge in [-0.05, 0) is 17.5 Å². The summed E-state index contributed by atoms with van der Waals surface area (Å²) in [6.07, 6.45) is 3.23. The molecule has 5 nitrogen and oxygen atoms in total. The Hall–Kier alpha value is -1.91. The zero-order valence-corrected chi connectivity index (χ0v) is 10.6. The summed E-state index contributed by atoms with van der Waals surface area (Å²) in [6.45, 7) is 3.99. The van der Waals surface area contributed by atoms with Gasteiger partial charge in [-0.15, -0.1) is 0 Å². The molecule has 1 atom stereocenters. The predicted molar refractivity (Wildman–Crippen MR) is 66.8 cm³/mol. The molecule has 0 spiro atoms. The fourth-order valence-corrected chi connectivity index (χ4v) is 1.66. The number of carboxylic acids is 1. The maximum atomic E-state index is 11.6. The molecule has 0 bridgehead atoms. The Bertz CT molecular complexity index is 404. The van der Waals surface area contributed by atoms with E-state index in [9.17, 15) is 9.59 Å². The molecule has 0 aliphatic heterocycles. The topological polar surface area (TPSA) is 79.3 Å². The van der Waals surface area contributed by atoms with Crippen molar-refractivity contribution in [2.75, 3.05) is 0 Å². The number of hydrogen-bond acceptors (Lipinski definition) is 3. The highest BCUT2D eigenvalue weighted by Crippen LogP contribution is 2.20. The van der Waals surface area contributed by atoms with Crippen molar-refractivity contribution in [3.63, 3.8) is 0 Å². The van der Waals surface area contributed by atoms with Crippen LogP contribution in [-0.2, 0) is 9.59 Å². The molecule has 0 unspecified atom stereocenters. The minimum Gasteiger partial charge on any atom is -0.481 e. The summed E-state index contributed by atoms with van der Waals surface area (Å²) in [5.41, 5.74) is 0.927. The highest BCUT2D eigenvalue weighted by Gasteiger charge is 2.18. The summed E-state index contributed by atoms with van der Waals surface area (Å²) in [4.78, 5) is 26.1. The quantitative estimate of drug-likeness (QED) is 0.806. The van der Waals surface area contributed by atoms with E-state index in [-0.39, 0.29) is 30.7 Å². The molecule has 0 aliphatic rings. The number of hydrogen-bond donors (Lipinski definition) is 2. The Morgan fingerprint density at radius 2 is 2.11 bits per heavy atom. The van der Waals surface area contributed by atoms with Crippen molar-refractivity contribution >= 4 is 11.9 Å². The maximum Gasteiger partial charge on any atom is 0.303 e. The lowest BCUT2D eigenvalue weighted by Crippen LogP contribution is -2.32. The first-order valence-corrected chi connectivity index (χ1v) is 5.91. The van der Waals surface area contributed by atoms with E-state index in [1.807, 2.05) is 26.0 Å². The van der Waals surface area contributed by atoms with E-state index in [1.165, 1.54) is 0 Å². The molecule has 2 N–H and O–H groups in total. The third-order valence-electron chi connectivity index (χ3n) is 2.59. The van der Waals surface area contributed by atoms with Crippen molar-refractivity contribution < 1.29 is 14.7 Å². The lowest BCUT2D eigenvalue weighted by Gasteiger charge is -2.22. The first kappa shape index (κ1) is 14.2. The Morgan fingerprint density at radius 1 is 1.39 bits per heavy atom. The average molecular weight is 250 g/mol. The number of carboxylic acid groups (broad SMARTS) is 1. The fourth-order valence-electron chi connectivity index (χ4n) is 1.66. The van der Waals surface area contributed by atoms with Crippen molar-refractivity contribution in [2.45, 2.75) is 32.7 Å². The van der Waals surface area contributed by atoms with Gasteiger partial charge in [0.15, 0.2) is 0 Å². The van der Waals surface area contributed by atoms with Crippen molar-refractivity contribution in [1.29, 1.82) is 0 Å². The van der Waals surface area contributed by atoms with Gasteiger partial charge in [-0.1, -0.05) is 19.9 Å². The Morgan fingerprint density at radius 3 is 2.61 bits per heavy atom. The van der Waals surface area contributed by atoms with Crippen LogP contribution in [0, 0.1) is 5.92 Å². The molecule has 18 heavy (non-hydrogen) atoms. The van der Waals surface area contributed by atoms with Gasteiger partial charge in [0, 0.05) is 18.8 Å². The fraction of sp³-hybridized carbons (Fsp3) is 0.462. The summed E-state index contributed by atoms with van der Waals surface area (Å²) in [7, 11) is 0. The summed E-state index contributed by atoms with van der Waals surface area (Å²) < 4.78 is 0. The van der Waals surface area contributed by atoms with Gasteiger partial charge in [-0.3, -0.25) is 14.6 Å². The monoisotopic (exact) mass is 250 g/mol. The van der Waals surface area contributed by atoms with Gasteiger partial charge >= 0.3 is 5.97 Å². The standard InChI is InChI=1S/C13H18N2O3/c1-9(2)13(10-4-3-7-14-8-10)15-11(16)5-6-12(17)18/h3-4,7-9,13H,5-6H2,1-2H3,(H,15,16)(H,17,18)/t13-/m1/s1. The van der Waals surface area contributed by atoms with Crippen LogP contribution < -0.4 is 5.32 Å². The number of nitrogens with one attached hydrogen (secondary N) is 1. The molecule has 0 saturated heterocycles. The molecule has 98 valence electrons. The van der Waals surface area contributed by atoms with Gasteiger partial charge in [0.2, 0.25) is 5.91 Å². The molecule has 1 amide bonds. The van der Waals surface area contributed by atoms with Crippen LogP contribution in [0.2, 0.25) is 0 Å². The van der Waals surface area contributed by atoms with Crippen molar-refractivity contribution in [3.05, 3.63) is 30.1 Å². The third kappa shape index (κ3) is 4.53. The second-order valence-corrected chi connectivity index (χ2v) is 4.47. The highest BCUT2D eigenvalue weighted by atomic mass is 16.4. The van der Waals surface area contributed by atoms with Crippen LogP contribution in [-0.4, -0.2) is 22.0 Å². The van der Waals surface area contributed by atoms with Crippen LogP contribution in [0.3, 0.4) is 0 Å². The summed E-state index contributed by atoms with van der Waals surface area (Å²) in [5.74, 6) is -1.00. The predicted octanol–water partition coefficient (Wildman–Crippen LogP) is 1.76. The number of pyridine rings is 1. The van der Waals surface area contributed by atoms with Crippen LogP contribution in [0.5, 0.6) is 0 Å². The van der Waals surface area contributed by atoms with Crippen molar-refractivity contribution in [3.8, 4) is 0 Å². The minimum atomic E-state index is -0.965. The van der Waals surface area contributed by atoms with E-state index in [0.29, 0.717) is 0 Å². The molecule has 1 aromatic heterocycles. The third-order valence-corrected chi connectivity index (χ3v) is 2.59. The maximum absolute atomic E-state index is 11.6. The molecular formula is C13H18N2O3. The van der Waals surface area contributed by atoms with E-state index < -0.39 is 5.97 Å². The molecule has 0 radical (unpaired) electrons. The van der Waals surface area contributed by atoms with Crippen LogP contribution in [0.4, 0.5) is 0 Å². The van der Waals surface area contributed by atoms with E-state index >= 15 is 0 Å². The van der Waals surface area contributed by atoms with Gasteiger partial charge in [0.05, 0.1) is 12.5 Å². The molecule has 5 heteroatoms. The van der Waals surface area contributed by atoms with Crippen LogP contribution in [0.15, 0.2) is 24.5 Å². The summed E-state index contributed by atoms with van der Waals surface area (Å²) >= 11 is 0. The number of carbonyl (C=O) groups excluding carboxylic acids is 1. The first-order valence-electron chi connectivity index (χ1n) is 5.91. The Balaban J connectivity index is 2.64. The van der Waals surface area contributed by atoms with Gasteiger partial charge < -0.3 is 10.4 Å². The van der Waals surface area contributed by atoms with E-state index in [2.05, 4.69) is 10.3 Å². The largest absolute Gasteiger partial charge is 0.481 e. The normalized spacial score (nSPS) is 12.2. The molecule has 0 saturated carbocycles. The molecule has 1 aromatic rings. The molecular weight excluding hydrogens is 232 g/mol. The van der Waals surface area contributed by atoms with Crippen LogP contribution >= 0.6 is 0 Å². The number of amides is 1. The number of aromatic nitrogens is 1. The SMILES string of the molecule is CC(C)[C@@H](NC(=O)CCC(=O)O)c1cccnc1. The minimum absolute atomic E-state index is 0.00118. The number of rotatable bonds is 6. The van der Waals surface area contributed by atoms with E-state index in [0.717, 1.165) is 5.56 Å². The first-order chi connectivity index (χ1) is 8.50.